The average molecular weight is 523 g/mol. The van der Waals surface area contributed by atoms with E-state index in [9.17, 15) is 33.3 Å². The summed E-state index contributed by atoms with van der Waals surface area (Å²) in [5, 5.41) is 39.4. The quantitative estimate of drug-likeness (QED) is 0.293. The molecule has 3 unspecified atom stereocenters. The number of hydrogen-bond donors (Lipinski definition) is 3. The highest BCUT2D eigenvalue weighted by atomic mass is 19.2. The highest BCUT2D eigenvalue weighted by Crippen LogP contribution is 2.33. The van der Waals surface area contributed by atoms with E-state index in [1.165, 1.54) is 0 Å². The van der Waals surface area contributed by atoms with Gasteiger partial charge in [0.15, 0.2) is 23.6 Å². The van der Waals surface area contributed by atoms with Gasteiger partial charge in [0.1, 0.15) is 36.2 Å². The zero-order valence-corrected chi connectivity index (χ0v) is 19.4. The van der Waals surface area contributed by atoms with Crippen molar-refractivity contribution in [1.82, 2.24) is 15.0 Å². The van der Waals surface area contributed by atoms with Crippen molar-refractivity contribution in [1.29, 1.82) is 0 Å². The van der Waals surface area contributed by atoms with Gasteiger partial charge in [0.2, 0.25) is 0 Å². The van der Waals surface area contributed by atoms with Gasteiger partial charge in [-0.15, -0.1) is 5.10 Å². The SMILES string of the molecule is COC(=O)[C@@H](OCc1ccccc1)[C@@H]1OC(CO)[C@H](O)C(n2cc(-c3cc(F)c(F)c(F)c3)nn2)C1O. The Hall–Kier alpha value is -3.36. The molecule has 1 saturated heterocycles. The first kappa shape index (κ1) is 26.7. The van der Waals surface area contributed by atoms with E-state index in [2.05, 4.69) is 10.3 Å². The number of benzene rings is 2. The summed E-state index contributed by atoms with van der Waals surface area (Å²) in [5.74, 6) is -5.40. The molecule has 37 heavy (non-hydrogen) atoms. The molecule has 2 heterocycles. The van der Waals surface area contributed by atoms with Crippen LogP contribution in [0.5, 0.6) is 0 Å². The number of hydrogen-bond acceptors (Lipinski definition) is 9. The maximum Gasteiger partial charge on any atom is 0.337 e. The van der Waals surface area contributed by atoms with Gasteiger partial charge in [0.25, 0.3) is 0 Å². The summed E-state index contributed by atoms with van der Waals surface area (Å²) in [5.41, 5.74) is 0.481. The molecule has 2 aromatic carbocycles. The fraction of sp³-hybridized carbons (Fsp3) is 0.375. The number of nitrogens with zero attached hydrogens (tertiary/aromatic N) is 3. The Morgan fingerprint density at radius 2 is 1.81 bits per heavy atom. The van der Waals surface area contributed by atoms with Crippen molar-refractivity contribution < 1.29 is 47.5 Å². The molecular weight excluding hydrogens is 499 g/mol. The Labute approximate surface area is 208 Å². The molecule has 6 atom stereocenters. The first-order valence-corrected chi connectivity index (χ1v) is 11.2. The topological polar surface area (TPSA) is 136 Å². The summed E-state index contributed by atoms with van der Waals surface area (Å²) in [4.78, 5) is 12.6. The Morgan fingerprint density at radius 1 is 1.14 bits per heavy atom. The van der Waals surface area contributed by atoms with Crippen LogP contribution in [0.4, 0.5) is 13.2 Å². The summed E-state index contributed by atoms with van der Waals surface area (Å²) in [7, 11) is 1.12. The van der Waals surface area contributed by atoms with Crippen LogP contribution in [0.2, 0.25) is 0 Å². The van der Waals surface area contributed by atoms with Crippen LogP contribution >= 0.6 is 0 Å². The summed E-state index contributed by atoms with van der Waals surface area (Å²) in [6.07, 6.45) is -6.19. The van der Waals surface area contributed by atoms with Gasteiger partial charge in [-0.25, -0.2) is 22.6 Å². The molecule has 1 aromatic heterocycles. The van der Waals surface area contributed by atoms with Gasteiger partial charge < -0.3 is 29.5 Å². The maximum atomic E-state index is 13.7. The number of ether oxygens (including phenoxy) is 3. The molecule has 0 radical (unpaired) electrons. The van der Waals surface area contributed by atoms with E-state index in [-0.39, 0.29) is 17.9 Å². The largest absolute Gasteiger partial charge is 0.467 e. The van der Waals surface area contributed by atoms with Crippen molar-refractivity contribution in [2.45, 2.75) is 43.2 Å². The Bertz CT molecular complexity index is 1210. The second-order valence-electron chi connectivity index (χ2n) is 8.37. The van der Waals surface area contributed by atoms with Crippen LogP contribution in [-0.2, 0) is 25.6 Å². The van der Waals surface area contributed by atoms with Crippen molar-refractivity contribution in [3.8, 4) is 11.3 Å². The molecule has 0 spiro atoms. The third-order valence-corrected chi connectivity index (χ3v) is 6.03. The second kappa shape index (κ2) is 11.4. The number of carbonyl (C=O) groups is 1. The minimum atomic E-state index is -1.65. The molecule has 0 aliphatic carbocycles. The smallest absolute Gasteiger partial charge is 0.337 e. The van der Waals surface area contributed by atoms with Crippen LogP contribution in [0.3, 0.4) is 0 Å². The van der Waals surface area contributed by atoms with Crippen molar-refractivity contribution in [3.05, 3.63) is 71.7 Å². The van der Waals surface area contributed by atoms with Gasteiger partial charge in [-0.3, -0.25) is 0 Å². The van der Waals surface area contributed by atoms with Crippen molar-refractivity contribution in [2.75, 3.05) is 13.7 Å². The van der Waals surface area contributed by atoms with Crippen molar-refractivity contribution >= 4 is 5.97 Å². The maximum absolute atomic E-state index is 13.7. The standard InChI is InChI=1S/C24H24F3N3O7/c1-35-24(34)23(36-11-12-5-3-2-4-6-12)22-21(33)19(20(32)17(10-31)37-22)30-9-16(28-29-30)13-7-14(25)18(27)15(26)8-13/h2-9,17,19-23,31-33H,10-11H2,1H3/t17?,19?,20-,21?,22+,23-/m0/s1. The minimum absolute atomic E-state index is 0.0423. The molecule has 3 N–H and O–H groups in total. The van der Waals surface area contributed by atoms with E-state index in [1.54, 1.807) is 30.3 Å². The van der Waals surface area contributed by atoms with E-state index >= 15 is 0 Å². The van der Waals surface area contributed by atoms with E-state index in [0.29, 0.717) is 12.1 Å². The Balaban J connectivity index is 1.64. The third-order valence-electron chi connectivity index (χ3n) is 6.03. The molecular formula is C24H24F3N3O7. The van der Waals surface area contributed by atoms with Gasteiger partial charge in [0.05, 0.1) is 26.5 Å². The van der Waals surface area contributed by atoms with Gasteiger partial charge >= 0.3 is 5.97 Å². The predicted molar refractivity (Wildman–Crippen MR) is 119 cm³/mol. The molecule has 1 aliphatic rings. The molecule has 1 aliphatic heterocycles. The molecule has 0 amide bonds. The molecule has 1 fully saturated rings. The number of carbonyl (C=O) groups excluding carboxylic acids is 1. The molecule has 13 heteroatoms. The third kappa shape index (κ3) is 5.50. The van der Waals surface area contributed by atoms with E-state index in [1.807, 2.05) is 0 Å². The number of rotatable bonds is 8. The Morgan fingerprint density at radius 3 is 2.43 bits per heavy atom. The van der Waals surface area contributed by atoms with Gasteiger partial charge in [-0.1, -0.05) is 35.5 Å². The second-order valence-corrected chi connectivity index (χ2v) is 8.37. The van der Waals surface area contributed by atoms with Crippen LogP contribution in [0.1, 0.15) is 11.6 Å². The summed E-state index contributed by atoms with van der Waals surface area (Å²) >= 11 is 0. The lowest BCUT2D eigenvalue weighted by Gasteiger charge is -2.43. The molecule has 198 valence electrons. The van der Waals surface area contributed by atoms with Gasteiger partial charge in [0, 0.05) is 5.56 Å². The van der Waals surface area contributed by atoms with Crippen molar-refractivity contribution in [2.24, 2.45) is 0 Å². The number of aromatic nitrogens is 3. The normalized spacial score (nSPS) is 24.6. The highest BCUT2D eigenvalue weighted by molar-refractivity contribution is 5.75. The van der Waals surface area contributed by atoms with E-state index in [4.69, 9.17) is 14.2 Å². The van der Waals surface area contributed by atoms with Crippen LogP contribution in [-0.4, -0.2) is 80.5 Å². The lowest BCUT2D eigenvalue weighted by Crippen LogP contribution is -2.61. The minimum Gasteiger partial charge on any atom is -0.467 e. The average Bonchev–Trinajstić information content (AvgIpc) is 3.38. The predicted octanol–water partition coefficient (Wildman–Crippen LogP) is 1.14. The number of methoxy groups -OCH3 is 1. The zero-order chi connectivity index (χ0) is 26.7. The summed E-state index contributed by atoms with van der Waals surface area (Å²) < 4.78 is 57.9. The molecule has 0 bridgehead atoms. The lowest BCUT2D eigenvalue weighted by molar-refractivity contribution is -0.239. The van der Waals surface area contributed by atoms with Crippen LogP contribution in [0.25, 0.3) is 11.3 Å². The fourth-order valence-corrected chi connectivity index (χ4v) is 4.13. The fourth-order valence-electron chi connectivity index (χ4n) is 4.13. The van der Waals surface area contributed by atoms with E-state index in [0.717, 1.165) is 23.6 Å². The Kier molecular flexibility index (Phi) is 8.19. The highest BCUT2D eigenvalue weighted by Gasteiger charge is 2.51. The molecule has 4 rings (SSSR count). The summed E-state index contributed by atoms with van der Waals surface area (Å²) in [6.45, 7) is -0.733. The first-order chi connectivity index (χ1) is 17.7. The van der Waals surface area contributed by atoms with Crippen molar-refractivity contribution in [3.63, 3.8) is 0 Å². The lowest BCUT2D eigenvalue weighted by atomic mass is 9.90. The number of halogens is 3. The van der Waals surface area contributed by atoms with E-state index < -0.39 is 66.6 Å². The number of esters is 1. The number of aliphatic hydroxyl groups excluding tert-OH is 3. The number of aliphatic hydroxyl groups is 3. The molecule has 0 saturated carbocycles. The van der Waals surface area contributed by atoms with Crippen LogP contribution in [0.15, 0.2) is 48.7 Å². The zero-order valence-electron chi connectivity index (χ0n) is 19.4. The first-order valence-electron chi connectivity index (χ1n) is 11.2. The monoisotopic (exact) mass is 523 g/mol. The van der Waals surface area contributed by atoms with Gasteiger partial charge in [-0.2, -0.15) is 0 Å². The molecule has 10 nitrogen and oxygen atoms in total. The van der Waals surface area contributed by atoms with Gasteiger partial charge in [-0.05, 0) is 17.7 Å². The molecule has 3 aromatic rings. The van der Waals surface area contributed by atoms with Crippen LogP contribution in [0, 0.1) is 17.5 Å². The van der Waals surface area contributed by atoms with Crippen LogP contribution < -0.4 is 0 Å². The summed E-state index contributed by atoms with van der Waals surface area (Å²) in [6, 6.07) is 8.96.